The van der Waals surface area contributed by atoms with Gasteiger partial charge in [0.15, 0.2) is 0 Å². The van der Waals surface area contributed by atoms with E-state index in [-0.39, 0.29) is 5.41 Å². The number of nitrogens with zero attached hydrogens (tertiary/aromatic N) is 2. The maximum atomic E-state index is 12.1. The number of rotatable bonds is 1. The second-order valence-electron chi connectivity index (χ2n) is 6.85. The van der Waals surface area contributed by atoms with Crippen LogP contribution in [0.3, 0.4) is 0 Å². The van der Waals surface area contributed by atoms with Gasteiger partial charge in [0.1, 0.15) is 0 Å². The Kier molecular flexibility index (Phi) is 3.48. The van der Waals surface area contributed by atoms with E-state index in [0.717, 1.165) is 38.9 Å². The minimum Gasteiger partial charge on any atom is -0.339 e. The topological polar surface area (TPSA) is 23.6 Å². The van der Waals surface area contributed by atoms with Crippen molar-refractivity contribution in [2.24, 2.45) is 11.3 Å². The van der Waals surface area contributed by atoms with Crippen LogP contribution in [-0.4, -0.2) is 48.4 Å². The maximum absolute atomic E-state index is 12.1. The SMILES string of the molecule is CN1CCC(N2CC(C(C)(C)C)CC2=O)CC1. The van der Waals surface area contributed by atoms with E-state index in [1.807, 2.05) is 0 Å². The van der Waals surface area contributed by atoms with E-state index in [2.05, 4.69) is 37.6 Å². The molecule has 0 aliphatic carbocycles. The molecule has 98 valence electrons. The van der Waals surface area contributed by atoms with Gasteiger partial charge in [0.2, 0.25) is 5.91 Å². The van der Waals surface area contributed by atoms with Crippen molar-refractivity contribution < 1.29 is 4.79 Å². The van der Waals surface area contributed by atoms with Crippen LogP contribution in [0.1, 0.15) is 40.0 Å². The lowest BCUT2D eigenvalue weighted by atomic mass is 9.80. The summed E-state index contributed by atoms with van der Waals surface area (Å²) in [5.74, 6) is 0.925. The molecule has 2 rings (SSSR count). The molecule has 2 saturated heterocycles. The Morgan fingerprint density at radius 1 is 1.18 bits per heavy atom. The van der Waals surface area contributed by atoms with Gasteiger partial charge in [-0.2, -0.15) is 0 Å². The van der Waals surface area contributed by atoms with Crippen molar-refractivity contribution in [3.8, 4) is 0 Å². The zero-order valence-electron chi connectivity index (χ0n) is 11.7. The number of piperidine rings is 1. The molecule has 0 spiro atoms. The molecule has 2 fully saturated rings. The number of carbonyl (C=O) groups excluding carboxylic acids is 1. The predicted molar refractivity (Wildman–Crippen MR) is 69.8 cm³/mol. The zero-order chi connectivity index (χ0) is 12.6. The van der Waals surface area contributed by atoms with E-state index >= 15 is 0 Å². The molecule has 0 saturated carbocycles. The first-order chi connectivity index (χ1) is 7.88. The second-order valence-corrected chi connectivity index (χ2v) is 6.85. The van der Waals surface area contributed by atoms with Crippen molar-refractivity contribution in [2.45, 2.75) is 46.1 Å². The Labute approximate surface area is 105 Å². The van der Waals surface area contributed by atoms with E-state index in [9.17, 15) is 4.79 Å². The fourth-order valence-electron chi connectivity index (χ4n) is 2.97. The fourth-order valence-corrected chi connectivity index (χ4v) is 2.97. The van der Waals surface area contributed by atoms with Crippen molar-refractivity contribution >= 4 is 5.91 Å². The number of carbonyl (C=O) groups is 1. The van der Waals surface area contributed by atoms with Crippen LogP contribution in [0.15, 0.2) is 0 Å². The van der Waals surface area contributed by atoms with E-state index in [0.29, 0.717) is 17.9 Å². The van der Waals surface area contributed by atoms with Gasteiger partial charge >= 0.3 is 0 Å². The van der Waals surface area contributed by atoms with Gasteiger partial charge in [-0.25, -0.2) is 0 Å². The summed E-state index contributed by atoms with van der Waals surface area (Å²) in [6.07, 6.45) is 3.06. The summed E-state index contributed by atoms with van der Waals surface area (Å²) in [6.45, 7) is 10.0. The Bertz CT molecular complexity index is 287. The molecule has 0 aromatic heterocycles. The third-order valence-corrected chi connectivity index (χ3v) is 4.51. The number of hydrogen-bond acceptors (Lipinski definition) is 2. The molecule has 2 aliphatic heterocycles. The Balaban J connectivity index is 1.96. The summed E-state index contributed by atoms with van der Waals surface area (Å²) in [4.78, 5) is 16.7. The second kappa shape index (κ2) is 4.60. The van der Waals surface area contributed by atoms with Crippen molar-refractivity contribution in [3.63, 3.8) is 0 Å². The molecule has 0 aromatic carbocycles. The molecular weight excluding hydrogens is 212 g/mol. The fraction of sp³-hybridized carbons (Fsp3) is 0.929. The molecule has 0 N–H and O–H groups in total. The molecular formula is C14H26N2O. The molecule has 0 radical (unpaired) electrons. The monoisotopic (exact) mass is 238 g/mol. The molecule has 3 nitrogen and oxygen atoms in total. The first-order valence-electron chi connectivity index (χ1n) is 6.86. The van der Waals surface area contributed by atoms with Crippen molar-refractivity contribution in [3.05, 3.63) is 0 Å². The van der Waals surface area contributed by atoms with Crippen LogP contribution in [0.2, 0.25) is 0 Å². The van der Waals surface area contributed by atoms with Crippen LogP contribution in [-0.2, 0) is 4.79 Å². The standard InChI is InChI=1S/C14H26N2O/c1-14(2,3)11-9-13(17)16(10-11)12-5-7-15(4)8-6-12/h11-12H,5-10H2,1-4H3. The van der Waals surface area contributed by atoms with E-state index in [1.54, 1.807) is 0 Å². The molecule has 0 aromatic rings. The van der Waals surface area contributed by atoms with Crippen LogP contribution in [0.25, 0.3) is 0 Å². The van der Waals surface area contributed by atoms with Crippen LogP contribution >= 0.6 is 0 Å². The average molecular weight is 238 g/mol. The van der Waals surface area contributed by atoms with Crippen LogP contribution in [0.4, 0.5) is 0 Å². The largest absolute Gasteiger partial charge is 0.339 e. The molecule has 3 heteroatoms. The Morgan fingerprint density at radius 3 is 2.24 bits per heavy atom. The molecule has 1 unspecified atom stereocenters. The smallest absolute Gasteiger partial charge is 0.223 e. The normalized spacial score (nSPS) is 29.1. The third kappa shape index (κ3) is 2.82. The van der Waals surface area contributed by atoms with Gasteiger partial charge < -0.3 is 9.80 Å². The summed E-state index contributed by atoms with van der Waals surface area (Å²) in [5, 5.41) is 0. The first-order valence-corrected chi connectivity index (χ1v) is 6.86. The quantitative estimate of drug-likeness (QED) is 0.697. The molecule has 2 heterocycles. The first kappa shape index (κ1) is 12.9. The van der Waals surface area contributed by atoms with Gasteiger partial charge in [-0.1, -0.05) is 20.8 Å². The van der Waals surface area contributed by atoms with Gasteiger partial charge in [0, 0.05) is 19.0 Å². The highest BCUT2D eigenvalue weighted by Crippen LogP contribution is 2.36. The van der Waals surface area contributed by atoms with Crippen LogP contribution in [0, 0.1) is 11.3 Å². The third-order valence-electron chi connectivity index (χ3n) is 4.51. The lowest BCUT2D eigenvalue weighted by molar-refractivity contribution is -0.130. The Hall–Kier alpha value is -0.570. The maximum Gasteiger partial charge on any atom is 0.223 e. The van der Waals surface area contributed by atoms with E-state index in [4.69, 9.17) is 0 Å². The molecule has 0 bridgehead atoms. The number of hydrogen-bond donors (Lipinski definition) is 0. The highest BCUT2D eigenvalue weighted by atomic mass is 16.2. The minimum atomic E-state index is 0.260. The molecule has 2 aliphatic rings. The highest BCUT2D eigenvalue weighted by molar-refractivity contribution is 5.79. The van der Waals surface area contributed by atoms with Gasteiger partial charge in [-0.05, 0) is 44.3 Å². The highest BCUT2D eigenvalue weighted by Gasteiger charge is 2.40. The van der Waals surface area contributed by atoms with Gasteiger partial charge in [0.05, 0.1) is 0 Å². The number of amides is 1. The van der Waals surface area contributed by atoms with Crippen LogP contribution in [0.5, 0.6) is 0 Å². The van der Waals surface area contributed by atoms with Gasteiger partial charge in [-0.15, -0.1) is 0 Å². The summed E-state index contributed by atoms with van der Waals surface area (Å²) in [6, 6.07) is 0.506. The van der Waals surface area contributed by atoms with Crippen molar-refractivity contribution in [1.82, 2.24) is 9.80 Å². The van der Waals surface area contributed by atoms with Gasteiger partial charge in [0.25, 0.3) is 0 Å². The van der Waals surface area contributed by atoms with Crippen molar-refractivity contribution in [2.75, 3.05) is 26.7 Å². The lowest BCUT2D eigenvalue weighted by Gasteiger charge is -2.36. The molecule has 17 heavy (non-hydrogen) atoms. The summed E-state index contributed by atoms with van der Waals surface area (Å²) in [5.41, 5.74) is 0.260. The number of likely N-dealkylation sites (tertiary alicyclic amines) is 2. The van der Waals surface area contributed by atoms with E-state index < -0.39 is 0 Å². The summed E-state index contributed by atoms with van der Waals surface area (Å²) in [7, 11) is 2.17. The summed E-state index contributed by atoms with van der Waals surface area (Å²) >= 11 is 0. The predicted octanol–water partition coefficient (Wildman–Crippen LogP) is 1.98. The molecule has 1 atom stereocenters. The lowest BCUT2D eigenvalue weighted by Crippen LogP contribution is -2.44. The Morgan fingerprint density at radius 2 is 1.76 bits per heavy atom. The average Bonchev–Trinajstić information content (AvgIpc) is 2.61. The van der Waals surface area contributed by atoms with Crippen LogP contribution < -0.4 is 0 Å². The zero-order valence-corrected chi connectivity index (χ0v) is 11.7. The van der Waals surface area contributed by atoms with E-state index in [1.165, 1.54) is 0 Å². The minimum absolute atomic E-state index is 0.260. The van der Waals surface area contributed by atoms with Gasteiger partial charge in [-0.3, -0.25) is 4.79 Å². The van der Waals surface area contributed by atoms with Crippen molar-refractivity contribution in [1.29, 1.82) is 0 Å². The molecule has 1 amide bonds. The summed E-state index contributed by atoms with van der Waals surface area (Å²) < 4.78 is 0.